The van der Waals surface area contributed by atoms with Crippen LogP contribution < -0.4 is 10.6 Å². The van der Waals surface area contributed by atoms with Crippen LogP contribution in [0.5, 0.6) is 0 Å². The minimum Gasteiger partial charge on any atom is -0.390 e. The van der Waals surface area contributed by atoms with Gasteiger partial charge in [0.15, 0.2) is 9.84 Å². The lowest BCUT2D eigenvalue weighted by Crippen LogP contribution is -2.56. The molecule has 0 radical (unpaired) electrons. The van der Waals surface area contributed by atoms with Crippen molar-refractivity contribution in [3.05, 3.63) is 82.8 Å². The van der Waals surface area contributed by atoms with Crippen LogP contribution in [0.25, 0.3) is 0 Å². The van der Waals surface area contributed by atoms with Crippen LogP contribution in [0.1, 0.15) is 76.0 Å². The van der Waals surface area contributed by atoms with E-state index in [4.69, 9.17) is 0 Å². The summed E-state index contributed by atoms with van der Waals surface area (Å²) in [6.07, 6.45) is 4.16. The molecule has 2 fully saturated rings. The first-order valence-electron chi connectivity index (χ1n) is 16.7. The van der Waals surface area contributed by atoms with Gasteiger partial charge in [-0.3, -0.25) is 9.59 Å². The molecule has 47 heavy (non-hydrogen) atoms. The summed E-state index contributed by atoms with van der Waals surface area (Å²) >= 11 is 1.37. The average molecular weight is 682 g/mol. The molecule has 0 aliphatic heterocycles. The molecule has 7 atom stereocenters. The normalized spacial score (nSPS) is 22.6. The van der Waals surface area contributed by atoms with Gasteiger partial charge in [0.1, 0.15) is 12.1 Å². The van der Waals surface area contributed by atoms with Crippen LogP contribution in [0.2, 0.25) is 0 Å². The van der Waals surface area contributed by atoms with Crippen molar-refractivity contribution in [2.24, 2.45) is 17.8 Å². The number of nitrogens with one attached hydrogen (secondary N) is 2. The van der Waals surface area contributed by atoms with Gasteiger partial charge in [0.05, 0.1) is 39.4 Å². The average Bonchev–Trinajstić information content (AvgIpc) is 3.64. The molecule has 11 heteroatoms. The molecule has 1 aromatic heterocycles. The second kappa shape index (κ2) is 15.9. The highest BCUT2D eigenvalue weighted by Gasteiger charge is 2.62. The number of sulfone groups is 1. The molecule has 3 aromatic rings. The molecule has 2 aliphatic carbocycles. The second-order valence-corrected chi connectivity index (χ2v) is 16.4. The number of rotatable bonds is 15. The van der Waals surface area contributed by atoms with Crippen molar-refractivity contribution in [2.75, 3.05) is 0 Å². The van der Waals surface area contributed by atoms with Gasteiger partial charge in [-0.25, -0.2) is 13.4 Å². The molecule has 0 spiro atoms. The highest BCUT2D eigenvalue weighted by molar-refractivity contribution is 7.92. The van der Waals surface area contributed by atoms with Gasteiger partial charge in [0.2, 0.25) is 11.8 Å². The van der Waals surface area contributed by atoms with Crippen LogP contribution in [-0.4, -0.2) is 65.0 Å². The van der Waals surface area contributed by atoms with Crippen molar-refractivity contribution in [2.45, 2.75) is 106 Å². The number of carbonyl (C=O) groups excluding carboxylic acids is 2. The second-order valence-electron chi connectivity index (χ2n) is 13.6. The maximum atomic E-state index is 14.0. The molecule has 2 amide bonds. The van der Waals surface area contributed by atoms with Crippen molar-refractivity contribution in [3.63, 3.8) is 0 Å². The number of nitrogens with zero attached hydrogens (tertiary/aromatic N) is 1. The first kappa shape index (κ1) is 35.2. The van der Waals surface area contributed by atoms with Crippen LogP contribution in [0, 0.1) is 17.8 Å². The summed E-state index contributed by atoms with van der Waals surface area (Å²) in [6, 6.07) is 15.5. The minimum absolute atomic E-state index is 0.0979. The van der Waals surface area contributed by atoms with E-state index in [1.165, 1.54) is 29.9 Å². The van der Waals surface area contributed by atoms with E-state index in [9.17, 15) is 28.2 Å². The van der Waals surface area contributed by atoms with E-state index in [0.717, 1.165) is 31.2 Å². The molecule has 1 heterocycles. The first-order chi connectivity index (χ1) is 22.6. The lowest BCUT2D eigenvalue weighted by Gasteiger charge is -2.33. The molecular formula is C36H47N3O6S2. The van der Waals surface area contributed by atoms with E-state index < -0.39 is 63.0 Å². The third-order valence-corrected chi connectivity index (χ3v) is 12.4. The molecule has 9 nitrogen and oxygen atoms in total. The van der Waals surface area contributed by atoms with Crippen molar-refractivity contribution in [3.8, 4) is 0 Å². The molecule has 2 aliphatic rings. The van der Waals surface area contributed by atoms with Gasteiger partial charge in [-0.15, -0.1) is 11.3 Å². The minimum atomic E-state index is -3.86. The Balaban J connectivity index is 1.39. The van der Waals surface area contributed by atoms with E-state index in [1.807, 2.05) is 44.2 Å². The van der Waals surface area contributed by atoms with Gasteiger partial charge in [-0.1, -0.05) is 94.5 Å². The zero-order valence-electron chi connectivity index (χ0n) is 27.1. The van der Waals surface area contributed by atoms with E-state index in [0.29, 0.717) is 24.5 Å². The van der Waals surface area contributed by atoms with Crippen molar-refractivity contribution in [1.29, 1.82) is 0 Å². The molecule has 0 unspecified atom stereocenters. The van der Waals surface area contributed by atoms with Crippen molar-refractivity contribution in [1.82, 2.24) is 15.6 Å². The zero-order chi connectivity index (χ0) is 33.6. The number of thiazole rings is 1. The third-order valence-electron chi connectivity index (χ3n) is 9.56. The lowest BCUT2D eigenvalue weighted by atomic mass is 9.82. The van der Waals surface area contributed by atoms with Gasteiger partial charge in [0.25, 0.3) is 0 Å². The number of amides is 2. The molecule has 254 valence electrons. The van der Waals surface area contributed by atoms with Crippen LogP contribution in [-0.2, 0) is 25.8 Å². The van der Waals surface area contributed by atoms with E-state index >= 15 is 0 Å². The standard InChI is InChI=1S/C36H47N3O6S2/c1-23(2)18-30(40)33(41)28(19-24-12-6-3-7-13-24)38-35(42)29(20-26-21-46-22-37-26)39-36(43)32-31(25-14-8-4-9-15-25)34(32)47(44,45)27-16-10-5-11-17-27/h4-5,8-11,14-17,21-24,28-34,40-41H,3,6-7,12-13,18-20H2,1-2H3,(H,38,42)(H,39,43)/t28-,29-,30-,31-,32-,33+,34-/m0/s1. The van der Waals surface area contributed by atoms with E-state index in [-0.39, 0.29) is 17.2 Å². The van der Waals surface area contributed by atoms with Gasteiger partial charge in [-0.05, 0) is 42.4 Å². The van der Waals surface area contributed by atoms with Gasteiger partial charge >= 0.3 is 0 Å². The molecule has 5 rings (SSSR count). The SMILES string of the molecule is CC(C)C[C@H](O)[C@H](O)[C@H](CC1CCCCC1)NC(=O)[C@H](Cc1cscn1)NC(=O)[C@H]1[C@H](c2ccccc2)[C@@H]1S(=O)(=O)c1ccccc1. The lowest BCUT2D eigenvalue weighted by molar-refractivity contribution is -0.131. The summed E-state index contributed by atoms with van der Waals surface area (Å²) in [5.74, 6) is -2.03. The van der Waals surface area contributed by atoms with E-state index in [2.05, 4.69) is 15.6 Å². The fourth-order valence-corrected chi connectivity index (χ4v) is 9.81. The summed E-state index contributed by atoms with van der Waals surface area (Å²) in [6.45, 7) is 3.94. The number of aromatic nitrogens is 1. The molecular weight excluding hydrogens is 635 g/mol. The molecule has 0 bridgehead atoms. The zero-order valence-corrected chi connectivity index (χ0v) is 28.7. The van der Waals surface area contributed by atoms with Crippen molar-refractivity contribution >= 4 is 33.0 Å². The van der Waals surface area contributed by atoms with Crippen LogP contribution in [0.4, 0.5) is 0 Å². The Morgan fingerprint density at radius 1 is 0.957 bits per heavy atom. The van der Waals surface area contributed by atoms with Gasteiger partial charge in [-0.2, -0.15) is 0 Å². The number of carbonyl (C=O) groups is 2. The Labute approximate surface area is 282 Å². The highest BCUT2D eigenvalue weighted by Crippen LogP contribution is 2.54. The summed E-state index contributed by atoms with van der Waals surface area (Å²) in [5.41, 5.74) is 3.01. The predicted octanol–water partition coefficient (Wildman–Crippen LogP) is 4.65. The number of aliphatic hydroxyl groups is 2. The van der Waals surface area contributed by atoms with Crippen molar-refractivity contribution < 1.29 is 28.2 Å². The van der Waals surface area contributed by atoms with Crippen LogP contribution >= 0.6 is 11.3 Å². The highest BCUT2D eigenvalue weighted by atomic mass is 32.2. The maximum Gasteiger partial charge on any atom is 0.243 e. The number of benzene rings is 2. The number of hydrogen-bond donors (Lipinski definition) is 4. The topological polar surface area (TPSA) is 146 Å². The summed E-state index contributed by atoms with van der Waals surface area (Å²) < 4.78 is 27.6. The van der Waals surface area contributed by atoms with Crippen LogP contribution in [0.15, 0.2) is 76.4 Å². The maximum absolute atomic E-state index is 14.0. The summed E-state index contributed by atoms with van der Waals surface area (Å²) in [5, 5.41) is 28.9. The summed E-state index contributed by atoms with van der Waals surface area (Å²) in [7, 11) is -3.86. The molecule has 2 aromatic carbocycles. The number of hydrogen-bond acceptors (Lipinski definition) is 8. The monoisotopic (exact) mass is 681 g/mol. The molecule has 0 saturated heterocycles. The van der Waals surface area contributed by atoms with Gasteiger partial charge < -0.3 is 20.8 Å². The summed E-state index contributed by atoms with van der Waals surface area (Å²) in [4.78, 5) is 32.5. The van der Waals surface area contributed by atoms with E-state index in [1.54, 1.807) is 29.1 Å². The Bertz CT molecular complexity index is 1550. The fourth-order valence-electron chi connectivity index (χ4n) is 7.09. The third kappa shape index (κ3) is 8.87. The molecule has 4 N–H and O–H groups in total. The predicted molar refractivity (Wildman–Crippen MR) is 182 cm³/mol. The Kier molecular flexibility index (Phi) is 11.9. The van der Waals surface area contributed by atoms with Crippen LogP contribution in [0.3, 0.4) is 0 Å². The smallest absolute Gasteiger partial charge is 0.243 e. The van der Waals surface area contributed by atoms with Gasteiger partial charge in [0, 0.05) is 17.7 Å². The Morgan fingerprint density at radius 3 is 2.23 bits per heavy atom. The largest absolute Gasteiger partial charge is 0.390 e. The molecule has 2 saturated carbocycles. The Hall–Kier alpha value is -3.12. The quantitative estimate of drug-likeness (QED) is 0.183. The Morgan fingerprint density at radius 2 is 1.62 bits per heavy atom. The number of aliphatic hydroxyl groups excluding tert-OH is 2. The fraction of sp³-hybridized carbons (Fsp3) is 0.528. The first-order valence-corrected chi connectivity index (χ1v) is 19.2.